The first-order chi connectivity index (χ1) is 9.24. The van der Waals surface area contributed by atoms with Gasteiger partial charge in [0, 0.05) is 31.5 Å². The number of fused-ring (bicyclic) bond motifs is 1. The number of pyridine rings is 1. The largest absolute Gasteiger partial charge is 0.354 e. The first-order valence-corrected chi connectivity index (χ1v) is 6.49. The first-order valence-electron chi connectivity index (χ1n) is 6.49. The molecule has 1 aromatic carbocycles. The molecule has 1 aliphatic heterocycles. The minimum Gasteiger partial charge on any atom is -0.354 e. The average molecular weight is 292 g/mol. The summed E-state index contributed by atoms with van der Waals surface area (Å²) < 4.78 is 1.58. The lowest BCUT2D eigenvalue weighted by atomic mass is 9.99. The second-order valence-corrected chi connectivity index (χ2v) is 4.86. The number of hydrogen-bond acceptors (Lipinski definition) is 3. The molecule has 20 heavy (non-hydrogen) atoms. The molecule has 0 aliphatic carbocycles. The predicted octanol–water partition coefficient (Wildman–Crippen LogP) is 2.20. The van der Waals surface area contributed by atoms with E-state index in [1.807, 2.05) is 12.3 Å². The Hall–Kier alpha value is -1.78. The van der Waals surface area contributed by atoms with Crippen LogP contribution in [-0.4, -0.2) is 11.1 Å². The Morgan fingerprint density at radius 2 is 2.10 bits per heavy atom. The fraction of sp³-hybridized carbons (Fsp3) is 0.267. The molecule has 0 saturated carbocycles. The third kappa shape index (κ3) is 2.86. The number of rotatable bonds is 2. The van der Waals surface area contributed by atoms with Crippen LogP contribution in [0.5, 0.6) is 0 Å². The number of aryl methyl sites for hydroxylation is 1. The summed E-state index contributed by atoms with van der Waals surface area (Å²) in [5, 5.41) is 6.79. The van der Waals surface area contributed by atoms with Crippen LogP contribution in [0.25, 0.3) is 0 Å². The number of nitrogens with one attached hydrogen (secondary N) is 2. The zero-order valence-electron chi connectivity index (χ0n) is 11.3. The minimum absolute atomic E-state index is 0. The molecule has 106 valence electrons. The van der Waals surface area contributed by atoms with Gasteiger partial charge in [-0.05, 0) is 36.2 Å². The lowest BCUT2D eigenvalue weighted by Crippen LogP contribution is -2.24. The SMILES string of the molecule is Cl.Cn1cc(Nc2cccc3c2CNCC3)ccc1=O. The molecule has 2 aromatic rings. The third-order valence-corrected chi connectivity index (χ3v) is 3.51. The van der Waals surface area contributed by atoms with Crippen LogP contribution in [0.15, 0.2) is 41.3 Å². The Kier molecular flexibility index (Phi) is 4.47. The zero-order chi connectivity index (χ0) is 13.2. The Labute approximate surface area is 124 Å². The molecule has 0 amide bonds. The maximum Gasteiger partial charge on any atom is 0.250 e. The highest BCUT2D eigenvalue weighted by atomic mass is 35.5. The summed E-state index contributed by atoms with van der Waals surface area (Å²) in [5.41, 5.74) is 4.77. The average Bonchev–Trinajstić information content (AvgIpc) is 2.43. The van der Waals surface area contributed by atoms with E-state index >= 15 is 0 Å². The van der Waals surface area contributed by atoms with Crippen molar-refractivity contribution in [2.24, 2.45) is 7.05 Å². The van der Waals surface area contributed by atoms with E-state index in [0.29, 0.717) is 0 Å². The summed E-state index contributed by atoms with van der Waals surface area (Å²) >= 11 is 0. The number of hydrogen-bond donors (Lipinski definition) is 2. The van der Waals surface area contributed by atoms with Gasteiger partial charge in [0.1, 0.15) is 0 Å². The summed E-state index contributed by atoms with van der Waals surface area (Å²) in [6, 6.07) is 9.74. The lowest BCUT2D eigenvalue weighted by molar-refractivity contribution is 0.645. The van der Waals surface area contributed by atoms with Gasteiger partial charge in [-0.25, -0.2) is 0 Å². The maximum absolute atomic E-state index is 11.4. The highest BCUT2D eigenvalue weighted by Gasteiger charge is 2.12. The van der Waals surface area contributed by atoms with E-state index in [1.54, 1.807) is 17.7 Å². The van der Waals surface area contributed by atoms with Crippen molar-refractivity contribution in [2.75, 3.05) is 11.9 Å². The van der Waals surface area contributed by atoms with Gasteiger partial charge < -0.3 is 15.2 Å². The van der Waals surface area contributed by atoms with Crippen LogP contribution in [0.1, 0.15) is 11.1 Å². The van der Waals surface area contributed by atoms with Gasteiger partial charge in [-0.1, -0.05) is 12.1 Å². The molecule has 0 atom stereocenters. The lowest BCUT2D eigenvalue weighted by Gasteiger charge is -2.21. The van der Waals surface area contributed by atoms with E-state index in [2.05, 4.69) is 28.8 Å². The molecule has 0 saturated heterocycles. The van der Waals surface area contributed by atoms with Crippen molar-refractivity contribution < 1.29 is 0 Å². The Morgan fingerprint density at radius 3 is 2.90 bits per heavy atom. The van der Waals surface area contributed by atoms with Gasteiger partial charge in [-0.3, -0.25) is 4.79 Å². The van der Waals surface area contributed by atoms with E-state index in [9.17, 15) is 4.79 Å². The van der Waals surface area contributed by atoms with Gasteiger partial charge in [0.2, 0.25) is 5.56 Å². The highest BCUT2D eigenvalue weighted by molar-refractivity contribution is 5.85. The number of anilines is 2. The topological polar surface area (TPSA) is 46.1 Å². The summed E-state index contributed by atoms with van der Waals surface area (Å²) in [6.07, 6.45) is 2.89. The van der Waals surface area contributed by atoms with Gasteiger partial charge in [0.05, 0.1) is 5.69 Å². The minimum atomic E-state index is 0. The Morgan fingerprint density at radius 1 is 1.25 bits per heavy atom. The summed E-state index contributed by atoms with van der Waals surface area (Å²) in [4.78, 5) is 11.4. The highest BCUT2D eigenvalue weighted by Crippen LogP contribution is 2.25. The standard InChI is InChI=1S/C15H17N3O.ClH/c1-18-10-12(5-6-15(18)19)17-14-4-2-3-11-7-8-16-9-13(11)14;/h2-6,10,16-17H,7-9H2,1H3;1H. The molecule has 3 rings (SSSR count). The fourth-order valence-corrected chi connectivity index (χ4v) is 2.45. The van der Waals surface area contributed by atoms with E-state index in [0.717, 1.165) is 30.9 Å². The first kappa shape index (κ1) is 14.6. The fourth-order valence-electron chi connectivity index (χ4n) is 2.45. The van der Waals surface area contributed by atoms with E-state index in [4.69, 9.17) is 0 Å². The molecule has 1 aromatic heterocycles. The molecule has 0 radical (unpaired) electrons. The van der Waals surface area contributed by atoms with E-state index in [1.165, 1.54) is 11.1 Å². The molecule has 2 heterocycles. The summed E-state index contributed by atoms with van der Waals surface area (Å²) in [5.74, 6) is 0. The zero-order valence-corrected chi connectivity index (χ0v) is 12.2. The van der Waals surface area contributed by atoms with Gasteiger partial charge in [-0.2, -0.15) is 0 Å². The number of benzene rings is 1. The summed E-state index contributed by atoms with van der Waals surface area (Å²) in [7, 11) is 1.76. The third-order valence-electron chi connectivity index (χ3n) is 3.51. The number of halogens is 1. The van der Waals surface area contributed by atoms with Gasteiger partial charge in [0.25, 0.3) is 0 Å². The van der Waals surface area contributed by atoms with Crippen LogP contribution in [0, 0.1) is 0 Å². The van der Waals surface area contributed by atoms with Gasteiger partial charge >= 0.3 is 0 Å². The van der Waals surface area contributed by atoms with Crippen molar-refractivity contribution >= 4 is 23.8 Å². The van der Waals surface area contributed by atoms with Crippen LogP contribution in [0.3, 0.4) is 0 Å². The van der Waals surface area contributed by atoms with Crippen LogP contribution in [0.4, 0.5) is 11.4 Å². The van der Waals surface area contributed by atoms with Crippen molar-refractivity contribution in [2.45, 2.75) is 13.0 Å². The molecular formula is C15H18ClN3O. The van der Waals surface area contributed by atoms with Crippen LogP contribution in [-0.2, 0) is 20.0 Å². The molecule has 5 heteroatoms. The summed E-state index contributed by atoms with van der Waals surface area (Å²) in [6.45, 7) is 1.93. The van der Waals surface area contributed by atoms with Gasteiger partial charge in [-0.15, -0.1) is 12.4 Å². The molecule has 1 aliphatic rings. The second-order valence-electron chi connectivity index (χ2n) is 4.86. The molecule has 0 bridgehead atoms. The van der Waals surface area contributed by atoms with Crippen LogP contribution >= 0.6 is 12.4 Å². The molecule has 4 nitrogen and oxygen atoms in total. The van der Waals surface area contributed by atoms with Crippen molar-refractivity contribution in [3.05, 3.63) is 58.0 Å². The van der Waals surface area contributed by atoms with Crippen molar-refractivity contribution in [1.82, 2.24) is 9.88 Å². The van der Waals surface area contributed by atoms with E-state index < -0.39 is 0 Å². The molecule has 0 unspecified atom stereocenters. The monoisotopic (exact) mass is 291 g/mol. The molecule has 0 spiro atoms. The van der Waals surface area contributed by atoms with Crippen molar-refractivity contribution in [3.8, 4) is 0 Å². The Bertz CT molecular complexity index is 666. The van der Waals surface area contributed by atoms with Gasteiger partial charge in [0.15, 0.2) is 0 Å². The normalized spacial score (nSPS) is 13.2. The predicted molar refractivity (Wildman–Crippen MR) is 84.1 cm³/mol. The van der Waals surface area contributed by atoms with Crippen molar-refractivity contribution in [3.63, 3.8) is 0 Å². The second kappa shape index (κ2) is 6.11. The Balaban J connectivity index is 0.00000147. The number of nitrogens with zero attached hydrogens (tertiary/aromatic N) is 1. The van der Waals surface area contributed by atoms with Crippen molar-refractivity contribution in [1.29, 1.82) is 0 Å². The maximum atomic E-state index is 11.4. The molecule has 0 fully saturated rings. The quantitative estimate of drug-likeness (QED) is 0.892. The van der Waals surface area contributed by atoms with Crippen LogP contribution < -0.4 is 16.2 Å². The van der Waals surface area contributed by atoms with Crippen LogP contribution in [0.2, 0.25) is 0 Å². The van der Waals surface area contributed by atoms with E-state index in [-0.39, 0.29) is 18.0 Å². The molecule has 2 N–H and O–H groups in total. The number of aromatic nitrogens is 1. The smallest absolute Gasteiger partial charge is 0.250 e. The molecular weight excluding hydrogens is 274 g/mol.